The summed E-state index contributed by atoms with van der Waals surface area (Å²) in [6, 6.07) is 5.65. The maximum Gasteiger partial charge on any atom is 0.251 e. The molecule has 0 spiro atoms. The smallest absolute Gasteiger partial charge is 0.251 e. The lowest BCUT2D eigenvalue weighted by molar-refractivity contribution is -0.0351. The van der Waals surface area contributed by atoms with Crippen molar-refractivity contribution >= 4 is 11.3 Å². The second kappa shape index (κ2) is 6.91. The topological polar surface area (TPSA) is 86.9 Å². The molecule has 0 amide bonds. The molecule has 4 rings (SSSR count). The number of nitrogens with one attached hydrogen (secondary N) is 2. The highest BCUT2D eigenvalue weighted by Crippen LogP contribution is 2.28. The van der Waals surface area contributed by atoms with Crippen LogP contribution in [0.3, 0.4) is 0 Å². The number of thiophene rings is 1. The normalized spacial score (nSPS) is 18.5. The van der Waals surface area contributed by atoms with Gasteiger partial charge in [-0.25, -0.2) is 4.98 Å². The zero-order chi connectivity index (χ0) is 17.2. The standard InChI is InChI=1S/C17H19N5O2S/c1-11-19-13(7-16(23)20-11)14-10-22(4-5-24-14)9-12-8-18-21-17(12)15-3-2-6-25-15/h2-3,6-8,14H,4-5,9-10H2,1H3,(H,18,21)(H,19,20,23). The fraction of sp³-hybridized carbons (Fsp3) is 0.353. The van der Waals surface area contributed by atoms with Crippen LogP contribution >= 0.6 is 11.3 Å². The third-order valence-electron chi connectivity index (χ3n) is 4.24. The van der Waals surface area contributed by atoms with Crippen LogP contribution in [0.2, 0.25) is 0 Å². The zero-order valence-electron chi connectivity index (χ0n) is 13.9. The van der Waals surface area contributed by atoms with E-state index in [1.54, 1.807) is 18.3 Å². The second-order valence-corrected chi connectivity index (χ2v) is 7.05. The molecule has 25 heavy (non-hydrogen) atoms. The molecule has 3 aromatic heterocycles. The largest absolute Gasteiger partial charge is 0.369 e. The van der Waals surface area contributed by atoms with E-state index in [0.29, 0.717) is 24.7 Å². The van der Waals surface area contributed by atoms with Crippen LogP contribution in [0.5, 0.6) is 0 Å². The molecule has 0 aromatic carbocycles. The first-order valence-corrected chi connectivity index (χ1v) is 9.05. The molecule has 0 radical (unpaired) electrons. The fourth-order valence-corrected chi connectivity index (χ4v) is 3.85. The van der Waals surface area contributed by atoms with Crippen molar-refractivity contribution in [2.75, 3.05) is 19.7 Å². The number of aryl methyl sites for hydroxylation is 1. The molecule has 4 heterocycles. The third kappa shape index (κ3) is 3.55. The van der Waals surface area contributed by atoms with Crippen LogP contribution in [0.15, 0.2) is 34.6 Å². The minimum absolute atomic E-state index is 0.141. The van der Waals surface area contributed by atoms with Gasteiger partial charge >= 0.3 is 0 Å². The molecule has 0 bridgehead atoms. The number of nitrogens with zero attached hydrogens (tertiary/aromatic N) is 3. The van der Waals surface area contributed by atoms with Crippen LogP contribution in [0.4, 0.5) is 0 Å². The predicted octanol–water partition coefficient (Wildman–Crippen LogP) is 2.10. The average molecular weight is 357 g/mol. The van der Waals surface area contributed by atoms with E-state index in [1.165, 1.54) is 10.9 Å². The SMILES string of the molecule is Cc1nc(C2CN(Cc3cn[nH]c3-c3cccs3)CCO2)cc(=O)[nH]1. The van der Waals surface area contributed by atoms with Gasteiger partial charge < -0.3 is 9.72 Å². The Balaban J connectivity index is 1.51. The Bertz CT molecular complexity index is 902. The summed E-state index contributed by atoms with van der Waals surface area (Å²) in [6.45, 7) is 4.72. The number of aromatic amines is 2. The fourth-order valence-electron chi connectivity index (χ4n) is 3.10. The lowest BCUT2D eigenvalue weighted by atomic mass is 10.1. The van der Waals surface area contributed by atoms with Crippen LogP contribution in [0.25, 0.3) is 10.6 Å². The highest BCUT2D eigenvalue weighted by molar-refractivity contribution is 7.13. The lowest BCUT2D eigenvalue weighted by Crippen LogP contribution is -2.38. The molecule has 1 aliphatic heterocycles. The number of aromatic nitrogens is 4. The van der Waals surface area contributed by atoms with Crippen molar-refractivity contribution in [1.29, 1.82) is 0 Å². The summed E-state index contributed by atoms with van der Waals surface area (Å²) in [4.78, 5) is 22.3. The Hall–Kier alpha value is -2.29. The van der Waals surface area contributed by atoms with Gasteiger partial charge in [-0.2, -0.15) is 5.10 Å². The molecule has 1 aliphatic rings. The number of H-pyrrole nitrogens is 2. The van der Waals surface area contributed by atoms with Crippen molar-refractivity contribution in [2.24, 2.45) is 0 Å². The summed E-state index contributed by atoms with van der Waals surface area (Å²) in [7, 11) is 0. The van der Waals surface area contributed by atoms with E-state index in [0.717, 1.165) is 24.3 Å². The lowest BCUT2D eigenvalue weighted by Gasteiger charge is -2.32. The van der Waals surface area contributed by atoms with Gasteiger partial charge in [-0.1, -0.05) is 6.07 Å². The summed E-state index contributed by atoms with van der Waals surface area (Å²) in [5, 5.41) is 9.37. The first kappa shape index (κ1) is 16.2. The molecule has 1 atom stereocenters. The maximum atomic E-state index is 11.7. The van der Waals surface area contributed by atoms with Gasteiger partial charge in [0.1, 0.15) is 11.9 Å². The molecule has 0 aliphatic carbocycles. The van der Waals surface area contributed by atoms with Gasteiger partial charge in [-0.15, -0.1) is 11.3 Å². The van der Waals surface area contributed by atoms with Gasteiger partial charge in [0.05, 0.1) is 29.1 Å². The van der Waals surface area contributed by atoms with Gasteiger partial charge in [0.15, 0.2) is 0 Å². The van der Waals surface area contributed by atoms with Gasteiger partial charge in [-0.05, 0) is 18.4 Å². The monoisotopic (exact) mass is 357 g/mol. The highest BCUT2D eigenvalue weighted by atomic mass is 32.1. The Labute approximate surface area is 148 Å². The molecular formula is C17H19N5O2S. The van der Waals surface area contributed by atoms with E-state index in [1.807, 2.05) is 12.3 Å². The molecule has 2 N–H and O–H groups in total. The molecule has 130 valence electrons. The van der Waals surface area contributed by atoms with Crippen LogP contribution in [0.1, 0.15) is 23.2 Å². The molecule has 1 saturated heterocycles. The number of ether oxygens (including phenoxy) is 1. The van der Waals surface area contributed by atoms with Gasteiger partial charge in [0, 0.05) is 31.3 Å². The summed E-state index contributed by atoms with van der Waals surface area (Å²) >= 11 is 1.69. The average Bonchev–Trinajstić information content (AvgIpc) is 3.25. The highest BCUT2D eigenvalue weighted by Gasteiger charge is 2.24. The van der Waals surface area contributed by atoms with Gasteiger partial charge in [0.25, 0.3) is 5.56 Å². The first-order chi connectivity index (χ1) is 12.2. The predicted molar refractivity (Wildman–Crippen MR) is 95.5 cm³/mol. The quantitative estimate of drug-likeness (QED) is 0.747. The van der Waals surface area contributed by atoms with Crippen LogP contribution in [-0.4, -0.2) is 44.8 Å². The van der Waals surface area contributed by atoms with Gasteiger partial charge in [0.2, 0.25) is 0 Å². The first-order valence-electron chi connectivity index (χ1n) is 8.17. The third-order valence-corrected chi connectivity index (χ3v) is 5.13. The Morgan fingerprint density at radius 1 is 1.48 bits per heavy atom. The van der Waals surface area contributed by atoms with Crippen molar-refractivity contribution in [3.8, 4) is 10.6 Å². The van der Waals surface area contributed by atoms with E-state index in [-0.39, 0.29) is 11.7 Å². The van der Waals surface area contributed by atoms with E-state index in [4.69, 9.17) is 4.74 Å². The number of hydrogen-bond acceptors (Lipinski definition) is 6. The van der Waals surface area contributed by atoms with Crippen molar-refractivity contribution in [3.63, 3.8) is 0 Å². The maximum absolute atomic E-state index is 11.7. The minimum Gasteiger partial charge on any atom is -0.369 e. The van der Waals surface area contributed by atoms with Gasteiger partial charge in [-0.3, -0.25) is 14.8 Å². The summed E-state index contributed by atoms with van der Waals surface area (Å²) in [5.74, 6) is 0.609. The van der Waals surface area contributed by atoms with Crippen molar-refractivity contribution in [2.45, 2.75) is 19.6 Å². The Morgan fingerprint density at radius 2 is 2.40 bits per heavy atom. The van der Waals surface area contributed by atoms with E-state index in [2.05, 4.69) is 36.5 Å². The van der Waals surface area contributed by atoms with Crippen molar-refractivity contribution in [3.05, 3.63) is 57.2 Å². The van der Waals surface area contributed by atoms with E-state index >= 15 is 0 Å². The molecule has 1 unspecified atom stereocenters. The molecule has 7 nitrogen and oxygen atoms in total. The number of morpholine rings is 1. The minimum atomic E-state index is -0.188. The Kier molecular flexibility index (Phi) is 4.48. The summed E-state index contributed by atoms with van der Waals surface area (Å²) in [6.07, 6.45) is 1.70. The zero-order valence-corrected chi connectivity index (χ0v) is 14.7. The van der Waals surface area contributed by atoms with Crippen molar-refractivity contribution in [1.82, 2.24) is 25.1 Å². The molecule has 0 saturated carbocycles. The molecule has 3 aromatic rings. The van der Waals surface area contributed by atoms with Crippen LogP contribution in [-0.2, 0) is 11.3 Å². The van der Waals surface area contributed by atoms with E-state index < -0.39 is 0 Å². The molecular weight excluding hydrogens is 338 g/mol. The van der Waals surface area contributed by atoms with Crippen molar-refractivity contribution < 1.29 is 4.74 Å². The van der Waals surface area contributed by atoms with Crippen LogP contribution in [0, 0.1) is 6.92 Å². The summed E-state index contributed by atoms with van der Waals surface area (Å²) < 4.78 is 5.85. The van der Waals surface area contributed by atoms with Crippen LogP contribution < -0.4 is 5.56 Å². The summed E-state index contributed by atoms with van der Waals surface area (Å²) in [5.41, 5.74) is 2.79. The van der Waals surface area contributed by atoms with E-state index in [9.17, 15) is 4.79 Å². The number of hydrogen-bond donors (Lipinski definition) is 2. The molecule has 8 heteroatoms. The molecule has 1 fully saturated rings. The second-order valence-electron chi connectivity index (χ2n) is 6.10. The Morgan fingerprint density at radius 3 is 3.20 bits per heavy atom. The number of rotatable bonds is 4.